The van der Waals surface area contributed by atoms with Gasteiger partial charge in [-0.3, -0.25) is 4.90 Å². The molecule has 0 unspecified atom stereocenters. The Bertz CT molecular complexity index is 534. The Kier molecular flexibility index (Phi) is 4.63. The van der Waals surface area contributed by atoms with E-state index in [9.17, 15) is 0 Å². The van der Waals surface area contributed by atoms with Gasteiger partial charge in [0.2, 0.25) is 0 Å². The molecule has 0 radical (unpaired) electrons. The van der Waals surface area contributed by atoms with Crippen LogP contribution in [-0.4, -0.2) is 25.2 Å². The van der Waals surface area contributed by atoms with Crippen molar-refractivity contribution in [2.24, 2.45) is 0 Å². The van der Waals surface area contributed by atoms with E-state index in [1.165, 1.54) is 0 Å². The third-order valence-electron chi connectivity index (χ3n) is 2.98. The number of hydrogen-bond acceptors (Lipinski definition) is 5. The predicted octanol–water partition coefficient (Wildman–Crippen LogP) is 2.95. The first-order chi connectivity index (χ1) is 9.60. The molecule has 0 spiro atoms. The summed E-state index contributed by atoms with van der Waals surface area (Å²) in [5, 5.41) is 3.31. The average molecular weight is 275 g/mol. The minimum absolute atomic E-state index is 0.425. The quantitative estimate of drug-likeness (QED) is 0.878. The number of oxazole rings is 1. The summed E-state index contributed by atoms with van der Waals surface area (Å²) in [5.74, 6) is 0.830. The van der Waals surface area contributed by atoms with E-state index >= 15 is 0 Å². The molecule has 0 amide bonds. The molecule has 1 N–H and O–H groups in total. The molecule has 5 nitrogen and oxygen atoms in total. The third-order valence-corrected chi connectivity index (χ3v) is 2.98. The number of methoxy groups -OCH3 is 1. The lowest BCUT2D eigenvalue weighted by Gasteiger charge is -2.14. The molecule has 108 valence electrons. The maximum absolute atomic E-state index is 5.51. The molecule has 0 atom stereocenters. The van der Waals surface area contributed by atoms with Gasteiger partial charge in [-0.1, -0.05) is 13.8 Å². The smallest absolute Gasteiger partial charge is 0.301 e. The summed E-state index contributed by atoms with van der Waals surface area (Å²) in [4.78, 5) is 6.37. The second kappa shape index (κ2) is 6.43. The second-order valence-corrected chi connectivity index (χ2v) is 4.91. The highest BCUT2D eigenvalue weighted by Gasteiger charge is 2.11. The predicted molar refractivity (Wildman–Crippen MR) is 79.5 cm³/mol. The lowest BCUT2D eigenvalue weighted by atomic mass is 10.3. The Morgan fingerprint density at radius 3 is 2.60 bits per heavy atom. The van der Waals surface area contributed by atoms with Crippen LogP contribution in [0, 0.1) is 0 Å². The summed E-state index contributed by atoms with van der Waals surface area (Å²) >= 11 is 0. The molecule has 0 bridgehead atoms. The van der Waals surface area contributed by atoms with Crippen molar-refractivity contribution in [2.75, 3.05) is 19.1 Å². The van der Waals surface area contributed by atoms with Gasteiger partial charge in [0.05, 0.1) is 12.8 Å². The lowest BCUT2D eigenvalue weighted by molar-refractivity contribution is 0.415. The minimum atomic E-state index is 0.425. The Balaban J connectivity index is 2.06. The normalized spacial score (nSPS) is 10.8. The minimum Gasteiger partial charge on any atom is -0.497 e. The van der Waals surface area contributed by atoms with Gasteiger partial charge in [0.15, 0.2) is 0 Å². The van der Waals surface area contributed by atoms with Crippen LogP contribution in [0.3, 0.4) is 0 Å². The zero-order chi connectivity index (χ0) is 14.5. The first-order valence-corrected chi connectivity index (χ1v) is 6.65. The highest BCUT2D eigenvalue weighted by molar-refractivity contribution is 5.56. The fraction of sp³-hybridized carbons (Fsp3) is 0.400. The summed E-state index contributed by atoms with van der Waals surface area (Å²) in [6, 6.07) is 8.76. The van der Waals surface area contributed by atoms with Gasteiger partial charge in [-0.25, -0.2) is 0 Å². The van der Waals surface area contributed by atoms with Gasteiger partial charge in [-0.2, -0.15) is 4.98 Å². The monoisotopic (exact) mass is 275 g/mol. The van der Waals surface area contributed by atoms with Crippen molar-refractivity contribution in [2.45, 2.75) is 26.4 Å². The number of nitrogens with one attached hydrogen (secondary N) is 1. The Hall–Kier alpha value is -2.01. The number of aromatic nitrogens is 1. The van der Waals surface area contributed by atoms with E-state index in [-0.39, 0.29) is 0 Å². The fourth-order valence-electron chi connectivity index (χ4n) is 1.76. The van der Waals surface area contributed by atoms with Gasteiger partial charge >= 0.3 is 6.01 Å². The Labute approximate surface area is 119 Å². The van der Waals surface area contributed by atoms with Gasteiger partial charge in [-0.05, 0) is 24.3 Å². The van der Waals surface area contributed by atoms with Gasteiger partial charge < -0.3 is 14.5 Å². The Morgan fingerprint density at radius 2 is 2.00 bits per heavy atom. The van der Waals surface area contributed by atoms with Crippen LogP contribution in [-0.2, 0) is 6.54 Å². The molecule has 1 aromatic heterocycles. The van der Waals surface area contributed by atoms with Crippen LogP contribution in [0.4, 0.5) is 11.7 Å². The highest BCUT2D eigenvalue weighted by atomic mass is 16.5. The molecule has 2 rings (SSSR count). The third kappa shape index (κ3) is 3.51. The van der Waals surface area contributed by atoms with Gasteiger partial charge in [0, 0.05) is 25.3 Å². The number of ether oxygens (including phenoxy) is 1. The average Bonchev–Trinajstić information content (AvgIpc) is 2.93. The maximum atomic E-state index is 5.51. The van der Waals surface area contributed by atoms with Crippen LogP contribution in [0.5, 0.6) is 5.75 Å². The van der Waals surface area contributed by atoms with E-state index in [0.29, 0.717) is 18.6 Å². The zero-order valence-corrected chi connectivity index (χ0v) is 12.4. The zero-order valence-electron chi connectivity index (χ0n) is 12.4. The number of nitrogens with zero attached hydrogens (tertiary/aromatic N) is 2. The van der Waals surface area contributed by atoms with Crippen LogP contribution in [0.25, 0.3) is 0 Å². The number of benzene rings is 1. The van der Waals surface area contributed by atoms with Crippen molar-refractivity contribution in [1.29, 1.82) is 0 Å². The standard InChI is InChI=1S/C15H21N3O2/c1-11(2)16-9-12-10-20-15(17-12)18(3)13-5-7-14(19-4)8-6-13/h5-8,10-11,16H,9H2,1-4H3. The highest BCUT2D eigenvalue weighted by Crippen LogP contribution is 2.24. The van der Waals surface area contributed by atoms with E-state index in [2.05, 4.69) is 24.1 Å². The summed E-state index contributed by atoms with van der Waals surface area (Å²) in [5.41, 5.74) is 1.89. The largest absolute Gasteiger partial charge is 0.497 e. The summed E-state index contributed by atoms with van der Waals surface area (Å²) in [7, 11) is 3.58. The molecule has 0 aliphatic heterocycles. The molecule has 0 aliphatic rings. The molecule has 1 heterocycles. The van der Waals surface area contributed by atoms with Crippen LogP contribution >= 0.6 is 0 Å². The molecule has 0 saturated carbocycles. The van der Waals surface area contributed by atoms with E-state index in [0.717, 1.165) is 17.1 Å². The maximum Gasteiger partial charge on any atom is 0.301 e. The molecule has 0 fully saturated rings. The molecule has 0 aliphatic carbocycles. The van der Waals surface area contributed by atoms with Crippen molar-refractivity contribution in [3.63, 3.8) is 0 Å². The SMILES string of the molecule is COc1ccc(N(C)c2nc(CNC(C)C)co2)cc1. The van der Waals surface area contributed by atoms with Crippen molar-refractivity contribution < 1.29 is 9.15 Å². The fourth-order valence-corrected chi connectivity index (χ4v) is 1.76. The molecule has 1 aromatic carbocycles. The topological polar surface area (TPSA) is 50.5 Å². The van der Waals surface area contributed by atoms with Crippen LogP contribution in [0.15, 0.2) is 34.9 Å². The van der Waals surface area contributed by atoms with Gasteiger partial charge in [-0.15, -0.1) is 0 Å². The molecule has 2 aromatic rings. The molecular formula is C15H21N3O2. The summed E-state index contributed by atoms with van der Waals surface area (Å²) < 4.78 is 10.7. The second-order valence-electron chi connectivity index (χ2n) is 4.91. The summed E-state index contributed by atoms with van der Waals surface area (Å²) in [6.45, 7) is 4.91. The molecule has 20 heavy (non-hydrogen) atoms. The van der Waals surface area contributed by atoms with E-state index in [4.69, 9.17) is 9.15 Å². The Morgan fingerprint density at radius 1 is 1.30 bits per heavy atom. The van der Waals surface area contributed by atoms with Crippen LogP contribution < -0.4 is 15.0 Å². The number of rotatable bonds is 6. The van der Waals surface area contributed by atoms with Crippen molar-refractivity contribution >= 4 is 11.7 Å². The van der Waals surface area contributed by atoms with Crippen LogP contribution in [0.1, 0.15) is 19.5 Å². The van der Waals surface area contributed by atoms with Gasteiger partial charge in [0.25, 0.3) is 0 Å². The van der Waals surface area contributed by atoms with E-state index in [1.807, 2.05) is 36.2 Å². The molecular weight excluding hydrogens is 254 g/mol. The van der Waals surface area contributed by atoms with Crippen molar-refractivity contribution in [3.05, 3.63) is 36.2 Å². The summed E-state index contributed by atoms with van der Waals surface area (Å²) in [6.07, 6.45) is 1.69. The number of anilines is 2. The first-order valence-electron chi connectivity index (χ1n) is 6.65. The molecule has 5 heteroatoms. The molecule has 0 saturated heterocycles. The number of hydrogen-bond donors (Lipinski definition) is 1. The van der Waals surface area contributed by atoms with Crippen molar-refractivity contribution in [3.8, 4) is 5.75 Å². The lowest BCUT2D eigenvalue weighted by Crippen LogP contribution is -2.22. The van der Waals surface area contributed by atoms with E-state index < -0.39 is 0 Å². The van der Waals surface area contributed by atoms with Crippen LogP contribution in [0.2, 0.25) is 0 Å². The van der Waals surface area contributed by atoms with Crippen molar-refractivity contribution in [1.82, 2.24) is 10.3 Å². The first kappa shape index (κ1) is 14.4. The van der Waals surface area contributed by atoms with Gasteiger partial charge in [0.1, 0.15) is 12.0 Å². The van der Waals surface area contributed by atoms with E-state index in [1.54, 1.807) is 13.4 Å².